The molecule has 2 N–H and O–H groups in total. The van der Waals surface area contributed by atoms with E-state index in [4.69, 9.17) is 10.5 Å². The smallest absolute Gasteiger partial charge is 0.405 e. The van der Waals surface area contributed by atoms with Crippen molar-refractivity contribution in [2.24, 2.45) is 11.1 Å². The molecule has 1 aliphatic heterocycles. The Balaban J connectivity index is 2.22. The van der Waals surface area contributed by atoms with Gasteiger partial charge in [-0.3, -0.25) is 14.5 Å². The minimum absolute atomic E-state index is 0.0844. The number of amides is 3. The van der Waals surface area contributed by atoms with Gasteiger partial charge in [-0.15, -0.1) is 0 Å². The largest absolute Gasteiger partial charge is 0.432 e. The van der Waals surface area contributed by atoms with Gasteiger partial charge in [0.1, 0.15) is 5.82 Å². The summed E-state index contributed by atoms with van der Waals surface area (Å²) in [5, 5.41) is 0. The van der Waals surface area contributed by atoms with Gasteiger partial charge in [-0.2, -0.15) is 0 Å². The summed E-state index contributed by atoms with van der Waals surface area (Å²) in [4.78, 5) is 37.4. The van der Waals surface area contributed by atoms with Crippen LogP contribution in [0.4, 0.5) is 9.18 Å². The average Bonchev–Trinajstić information content (AvgIpc) is 2.68. The minimum atomic E-state index is -1.61. The molecule has 1 aromatic carbocycles. The standard InChI is InChI=1S/C17H21FN2O4/c1-16(2,3)17(24-15(19)23)10-13(21)20(14(17)22)8-7-11-5-4-6-12(18)9-11/h4-6,9H,7-8,10H2,1-3H3,(H2,19,23). The number of carbonyl (C=O) groups excluding carboxylic acids is 3. The van der Waals surface area contributed by atoms with Crippen molar-refractivity contribution in [2.45, 2.75) is 39.2 Å². The zero-order valence-electron chi connectivity index (χ0n) is 14.0. The molecule has 1 aromatic rings. The van der Waals surface area contributed by atoms with Gasteiger partial charge in [0.25, 0.3) is 5.91 Å². The Morgan fingerprint density at radius 2 is 2.04 bits per heavy atom. The van der Waals surface area contributed by atoms with E-state index in [9.17, 15) is 18.8 Å². The highest BCUT2D eigenvalue weighted by Crippen LogP contribution is 2.42. The lowest BCUT2D eigenvalue weighted by Gasteiger charge is -2.37. The zero-order valence-corrected chi connectivity index (χ0v) is 14.0. The molecule has 1 atom stereocenters. The lowest BCUT2D eigenvalue weighted by molar-refractivity contribution is -0.154. The van der Waals surface area contributed by atoms with Crippen LogP contribution in [0.25, 0.3) is 0 Å². The van der Waals surface area contributed by atoms with Crippen molar-refractivity contribution in [3.05, 3.63) is 35.6 Å². The average molecular weight is 336 g/mol. The third-order valence-corrected chi connectivity index (χ3v) is 4.29. The van der Waals surface area contributed by atoms with E-state index >= 15 is 0 Å². The quantitative estimate of drug-likeness (QED) is 0.852. The van der Waals surface area contributed by atoms with Gasteiger partial charge in [-0.05, 0) is 24.1 Å². The van der Waals surface area contributed by atoms with Crippen molar-refractivity contribution in [1.82, 2.24) is 4.90 Å². The highest BCUT2D eigenvalue weighted by atomic mass is 19.1. The van der Waals surface area contributed by atoms with Crippen LogP contribution < -0.4 is 5.73 Å². The molecular formula is C17H21FN2O4. The summed E-state index contributed by atoms with van der Waals surface area (Å²) in [6.07, 6.45) is -1.04. The molecule has 0 bridgehead atoms. The maximum atomic E-state index is 13.2. The molecule has 0 saturated carbocycles. The Labute approximate surface area is 139 Å². The number of rotatable bonds is 4. The van der Waals surface area contributed by atoms with Crippen LogP contribution in [0.5, 0.6) is 0 Å². The third kappa shape index (κ3) is 3.25. The Morgan fingerprint density at radius 1 is 1.38 bits per heavy atom. The van der Waals surface area contributed by atoms with Crippen molar-refractivity contribution in [3.8, 4) is 0 Å². The van der Waals surface area contributed by atoms with Gasteiger partial charge in [-0.1, -0.05) is 32.9 Å². The van der Waals surface area contributed by atoms with Gasteiger partial charge in [-0.25, -0.2) is 9.18 Å². The molecule has 1 aliphatic rings. The maximum Gasteiger partial charge on any atom is 0.405 e. The summed E-state index contributed by atoms with van der Waals surface area (Å²) in [7, 11) is 0. The summed E-state index contributed by atoms with van der Waals surface area (Å²) in [5.41, 5.74) is 3.35. The zero-order chi connectivity index (χ0) is 18.1. The minimum Gasteiger partial charge on any atom is -0.432 e. The van der Waals surface area contributed by atoms with Crippen LogP contribution >= 0.6 is 0 Å². The second kappa shape index (κ2) is 6.22. The van der Waals surface area contributed by atoms with E-state index in [-0.39, 0.29) is 18.8 Å². The molecule has 0 spiro atoms. The Kier molecular flexibility index (Phi) is 4.64. The van der Waals surface area contributed by atoms with E-state index in [1.54, 1.807) is 32.9 Å². The number of nitrogens with zero attached hydrogens (tertiary/aromatic N) is 1. The van der Waals surface area contributed by atoms with Gasteiger partial charge in [0.2, 0.25) is 11.5 Å². The predicted octanol–water partition coefficient (Wildman–Crippen LogP) is 2.01. The van der Waals surface area contributed by atoms with E-state index in [0.29, 0.717) is 12.0 Å². The first-order valence-electron chi connectivity index (χ1n) is 7.64. The number of nitrogens with two attached hydrogens (primary N) is 1. The fourth-order valence-corrected chi connectivity index (χ4v) is 2.87. The summed E-state index contributed by atoms with van der Waals surface area (Å²) in [6, 6.07) is 5.95. The topological polar surface area (TPSA) is 89.7 Å². The number of primary amides is 1. The number of ether oxygens (including phenoxy) is 1. The van der Waals surface area contributed by atoms with Crippen LogP contribution in [0.1, 0.15) is 32.8 Å². The second-order valence-electron chi connectivity index (χ2n) is 6.91. The monoisotopic (exact) mass is 336 g/mol. The first kappa shape index (κ1) is 17.9. The second-order valence-corrected chi connectivity index (χ2v) is 6.91. The number of halogens is 1. The van der Waals surface area contributed by atoms with Crippen LogP contribution in [-0.2, 0) is 20.7 Å². The fraction of sp³-hybridized carbons (Fsp3) is 0.471. The van der Waals surface area contributed by atoms with Gasteiger partial charge in [0.15, 0.2) is 0 Å². The molecule has 0 aliphatic carbocycles. The van der Waals surface area contributed by atoms with E-state index in [0.717, 1.165) is 4.90 Å². The van der Waals surface area contributed by atoms with Gasteiger partial charge in [0, 0.05) is 12.0 Å². The van der Waals surface area contributed by atoms with Crippen LogP contribution in [0.3, 0.4) is 0 Å². The SMILES string of the molecule is CC(C)(C)C1(OC(N)=O)CC(=O)N(CCc2cccc(F)c2)C1=O. The number of likely N-dealkylation sites (tertiary alicyclic amines) is 1. The number of carbonyl (C=O) groups is 3. The van der Waals surface area contributed by atoms with E-state index in [1.807, 2.05) is 0 Å². The third-order valence-electron chi connectivity index (χ3n) is 4.29. The molecule has 1 fully saturated rings. The molecule has 24 heavy (non-hydrogen) atoms. The molecule has 7 heteroatoms. The first-order valence-corrected chi connectivity index (χ1v) is 7.64. The molecule has 2 rings (SSSR count). The predicted molar refractivity (Wildman–Crippen MR) is 84.3 cm³/mol. The molecule has 0 radical (unpaired) electrons. The molecule has 6 nitrogen and oxygen atoms in total. The highest BCUT2D eigenvalue weighted by Gasteiger charge is 2.61. The van der Waals surface area contributed by atoms with E-state index in [2.05, 4.69) is 0 Å². The first-order chi connectivity index (χ1) is 11.1. The summed E-state index contributed by atoms with van der Waals surface area (Å²) in [6.45, 7) is 5.20. The van der Waals surface area contributed by atoms with Gasteiger partial charge in [0.05, 0.1) is 6.42 Å². The van der Waals surface area contributed by atoms with Crippen LogP contribution in [0.2, 0.25) is 0 Å². The number of hydrogen-bond acceptors (Lipinski definition) is 4. The van der Waals surface area contributed by atoms with Crippen LogP contribution in [-0.4, -0.2) is 35.0 Å². The number of imide groups is 1. The lowest BCUT2D eigenvalue weighted by Crippen LogP contribution is -2.54. The van der Waals surface area contributed by atoms with Gasteiger partial charge >= 0.3 is 6.09 Å². The number of benzene rings is 1. The highest BCUT2D eigenvalue weighted by molar-refractivity contribution is 6.09. The molecule has 1 unspecified atom stereocenters. The van der Waals surface area contributed by atoms with Crippen molar-refractivity contribution < 1.29 is 23.5 Å². The Morgan fingerprint density at radius 3 is 2.58 bits per heavy atom. The molecule has 130 valence electrons. The van der Waals surface area contributed by atoms with Crippen molar-refractivity contribution >= 4 is 17.9 Å². The van der Waals surface area contributed by atoms with Crippen LogP contribution in [0, 0.1) is 11.2 Å². The summed E-state index contributed by atoms with van der Waals surface area (Å²) in [5.74, 6) is -1.41. The Bertz CT molecular complexity index is 683. The Hall–Kier alpha value is -2.44. The lowest BCUT2D eigenvalue weighted by atomic mass is 9.75. The van der Waals surface area contributed by atoms with Crippen molar-refractivity contribution in [3.63, 3.8) is 0 Å². The maximum absolute atomic E-state index is 13.2. The molecule has 0 aromatic heterocycles. The number of hydrogen-bond donors (Lipinski definition) is 1. The fourth-order valence-electron chi connectivity index (χ4n) is 2.87. The van der Waals surface area contributed by atoms with E-state index < -0.39 is 28.9 Å². The summed E-state index contributed by atoms with van der Waals surface area (Å²) < 4.78 is 18.3. The molecule has 1 heterocycles. The molecule has 3 amide bonds. The van der Waals surface area contributed by atoms with Crippen molar-refractivity contribution in [2.75, 3.05) is 6.54 Å². The van der Waals surface area contributed by atoms with Gasteiger partial charge < -0.3 is 10.5 Å². The molecular weight excluding hydrogens is 315 g/mol. The van der Waals surface area contributed by atoms with Crippen LogP contribution in [0.15, 0.2) is 24.3 Å². The van der Waals surface area contributed by atoms with E-state index in [1.165, 1.54) is 12.1 Å². The van der Waals surface area contributed by atoms with Crippen molar-refractivity contribution in [1.29, 1.82) is 0 Å². The summed E-state index contributed by atoms with van der Waals surface area (Å²) >= 11 is 0. The molecule has 1 saturated heterocycles. The normalized spacial score (nSPS) is 21.2.